The minimum atomic E-state index is -0.821. The third kappa shape index (κ3) is 4.19. The molecule has 0 amide bonds. The van der Waals surface area contributed by atoms with E-state index in [0.717, 1.165) is 38.5 Å². The van der Waals surface area contributed by atoms with Crippen LogP contribution in [0.15, 0.2) is 0 Å². The number of carbonyl (C=O) groups excluding carboxylic acids is 1. The Hall–Kier alpha value is -1.10. The number of carboxylic acids is 1. The number of carbonyl (C=O) groups is 2. The molecule has 2 rings (SSSR count). The summed E-state index contributed by atoms with van der Waals surface area (Å²) in [4.78, 5) is 25.7. The molecule has 0 radical (unpaired) electrons. The van der Waals surface area contributed by atoms with Crippen molar-refractivity contribution in [3.8, 4) is 0 Å². The van der Waals surface area contributed by atoms with Crippen LogP contribution in [0.3, 0.4) is 0 Å². The summed E-state index contributed by atoms with van der Waals surface area (Å²) in [7, 11) is 0. The minimum Gasteiger partial charge on any atom is -0.480 e. The first kappa shape index (κ1) is 16.3. The normalized spacial score (nSPS) is 26.2. The number of esters is 1. The van der Waals surface area contributed by atoms with E-state index in [1.807, 2.05) is 11.8 Å². The van der Waals surface area contributed by atoms with Gasteiger partial charge in [0.2, 0.25) is 0 Å². The number of carboxylic acid groups (broad SMARTS) is 1. The second-order valence-corrected chi connectivity index (χ2v) is 6.21. The maximum absolute atomic E-state index is 12.5. The van der Waals surface area contributed by atoms with Crippen molar-refractivity contribution in [2.45, 2.75) is 82.9 Å². The fraction of sp³-hybridized carbons (Fsp3) is 0.875. The molecule has 1 aliphatic heterocycles. The fourth-order valence-corrected chi connectivity index (χ4v) is 3.55. The molecule has 21 heavy (non-hydrogen) atoms. The van der Waals surface area contributed by atoms with Crippen molar-refractivity contribution in [3.63, 3.8) is 0 Å². The third-order valence-electron chi connectivity index (χ3n) is 4.72. The molecule has 2 atom stereocenters. The van der Waals surface area contributed by atoms with E-state index >= 15 is 0 Å². The van der Waals surface area contributed by atoms with E-state index in [0.29, 0.717) is 19.4 Å². The highest BCUT2D eigenvalue weighted by molar-refractivity contribution is 5.79. The molecule has 0 bridgehead atoms. The van der Waals surface area contributed by atoms with E-state index < -0.39 is 18.1 Å². The second kappa shape index (κ2) is 7.78. The van der Waals surface area contributed by atoms with Crippen LogP contribution in [0, 0.1) is 0 Å². The van der Waals surface area contributed by atoms with Crippen molar-refractivity contribution in [3.05, 3.63) is 0 Å². The van der Waals surface area contributed by atoms with E-state index in [-0.39, 0.29) is 12.1 Å². The quantitative estimate of drug-likeness (QED) is 0.790. The number of aliphatic carboxylic acids is 1. The predicted molar refractivity (Wildman–Crippen MR) is 79.0 cm³/mol. The number of likely N-dealkylation sites (tertiary alicyclic amines) is 1. The zero-order valence-corrected chi connectivity index (χ0v) is 12.9. The number of hydrogen-bond donors (Lipinski definition) is 1. The summed E-state index contributed by atoms with van der Waals surface area (Å²) < 4.78 is 5.65. The first-order valence-corrected chi connectivity index (χ1v) is 8.32. The summed E-state index contributed by atoms with van der Waals surface area (Å²) in [5.41, 5.74) is 0. The molecule has 0 aromatic heterocycles. The van der Waals surface area contributed by atoms with Crippen LogP contribution in [-0.4, -0.2) is 46.7 Å². The molecular weight excluding hydrogens is 270 g/mol. The number of nitrogens with zero attached hydrogens (tertiary/aromatic N) is 1. The molecule has 5 heteroatoms. The van der Waals surface area contributed by atoms with Gasteiger partial charge in [0.05, 0.1) is 0 Å². The lowest BCUT2D eigenvalue weighted by Crippen LogP contribution is -2.53. The van der Waals surface area contributed by atoms with Crippen LogP contribution in [0.25, 0.3) is 0 Å². The van der Waals surface area contributed by atoms with Crippen LogP contribution in [0.4, 0.5) is 0 Å². The number of piperidine rings is 1. The number of hydrogen-bond acceptors (Lipinski definition) is 4. The van der Waals surface area contributed by atoms with Gasteiger partial charge in [-0.05, 0) is 51.5 Å². The smallest absolute Gasteiger partial charge is 0.323 e. The standard InChI is InChI=1S/C16H27NO4/c1-2-13(16(20)21-12-8-4-3-5-9-12)17-11-7-6-10-14(17)15(18)19/h12-14H,2-11H2,1H3,(H,18,19). The molecule has 1 saturated carbocycles. The first-order valence-electron chi connectivity index (χ1n) is 8.32. The minimum absolute atomic E-state index is 0.0355. The van der Waals surface area contributed by atoms with Gasteiger partial charge in [0.15, 0.2) is 0 Å². The Balaban J connectivity index is 1.98. The molecular formula is C16H27NO4. The zero-order chi connectivity index (χ0) is 15.2. The van der Waals surface area contributed by atoms with E-state index in [9.17, 15) is 14.7 Å². The summed E-state index contributed by atoms with van der Waals surface area (Å²) in [5, 5.41) is 9.36. The molecule has 2 aliphatic rings. The number of rotatable bonds is 5. The average molecular weight is 297 g/mol. The molecule has 0 aromatic carbocycles. The van der Waals surface area contributed by atoms with Crippen molar-refractivity contribution in [2.75, 3.05) is 6.54 Å². The Kier molecular flexibility index (Phi) is 6.03. The maximum atomic E-state index is 12.5. The van der Waals surface area contributed by atoms with Crippen LogP contribution < -0.4 is 0 Å². The molecule has 2 fully saturated rings. The van der Waals surface area contributed by atoms with Gasteiger partial charge >= 0.3 is 11.9 Å². The summed E-state index contributed by atoms with van der Waals surface area (Å²) in [6.45, 7) is 2.61. The number of ether oxygens (including phenoxy) is 1. The molecule has 2 unspecified atom stereocenters. The van der Waals surface area contributed by atoms with Gasteiger partial charge < -0.3 is 9.84 Å². The molecule has 1 N–H and O–H groups in total. The Morgan fingerprint density at radius 1 is 1.14 bits per heavy atom. The summed E-state index contributed by atoms with van der Waals surface area (Å²) in [5.74, 6) is -1.05. The Bertz CT molecular complexity index is 365. The lowest BCUT2D eigenvalue weighted by atomic mass is 9.97. The highest BCUT2D eigenvalue weighted by Gasteiger charge is 2.37. The summed E-state index contributed by atoms with van der Waals surface area (Å²) >= 11 is 0. The van der Waals surface area contributed by atoms with Gasteiger partial charge in [-0.1, -0.05) is 19.8 Å². The highest BCUT2D eigenvalue weighted by atomic mass is 16.5. The van der Waals surface area contributed by atoms with Gasteiger partial charge in [0, 0.05) is 0 Å². The molecule has 1 aliphatic carbocycles. The van der Waals surface area contributed by atoms with E-state index in [1.54, 1.807) is 0 Å². The zero-order valence-electron chi connectivity index (χ0n) is 12.9. The molecule has 1 heterocycles. The molecule has 0 spiro atoms. The van der Waals surface area contributed by atoms with Gasteiger partial charge in [-0.3, -0.25) is 14.5 Å². The largest absolute Gasteiger partial charge is 0.480 e. The summed E-state index contributed by atoms with van der Waals surface area (Å²) in [6, 6.07) is -0.948. The van der Waals surface area contributed by atoms with Gasteiger partial charge in [0.1, 0.15) is 18.2 Å². The van der Waals surface area contributed by atoms with Crippen molar-refractivity contribution >= 4 is 11.9 Å². The fourth-order valence-electron chi connectivity index (χ4n) is 3.55. The van der Waals surface area contributed by atoms with E-state index in [4.69, 9.17) is 4.74 Å². The van der Waals surface area contributed by atoms with Crippen LogP contribution in [0.2, 0.25) is 0 Å². The van der Waals surface area contributed by atoms with Crippen LogP contribution in [0.5, 0.6) is 0 Å². The van der Waals surface area contributed by atoms with Gasteiger partial charge in [0.25, 0.3) is 0 Å². The average Bonchev–Trinajstić information content (AvgIpc) is 2.49. The highest BCUT2D eigenvalue weighted by Crippen LogP contribution is 2.25. The lowest BCUT2D eigenvalue weighted by Gasteiger charge is -2.38. The predicted octanol–water partition coefficient (Wildman–Crippen LogP) is 2.58. The first-order chi connectivity index (χ1) is 10.1. The lowest BCUT2D eigenvalue weighted by molar-refractivity contribution is -0.161. The Labute approximate surface area is 126 Å². The third-order valence-corrected chi connectivity index (χ3v) is 4.72. The molecule has 120 valence electrons. The van der Waals surface area contributed by atoms with Crippen molar-refractivity contribution in [1.82, 2.24) is 4.90 Å². The second-order valence-electron chi connectivity index (χ2n) is 6.21. The van der Waals surface area contributed by atoms with E-state index in [2.05, 4.69) is 0 Å². The van der Waals surface area contributed by atoms with Crippen molar-refractivity contribution < 1.29 is 19.4 Å². The van der Waals surface area contributed by atoms with Crippen LogP contribution >= 0.6 is 0 Å². The topological polar surface area (TPSA) is 66.8 Å². The van der Waals surface area contributed by atoms with Gasteiger partial charge in [-0.25, -0.2) is 0 Å². The van der Waals surface area contributed by atoms with Gasteiger partial charge in [-0.2, -0.15) is 0 Å². The molecule has 5 nitrogen and oxygen atoms in total. The Morgan fingerprint density at radius 2 is 1.81 bits per heavy atom. The molecule has 0 aromatic rings. The SMILES string of the molecule is CCC(C(=O)OC1CCCCC1)N1CCCCC1C(=O)O. The van der Waals surface area contributed by atoms with Crippen molar-refractivity contribution in [2.24, 2.45) is 0 Å². The Morgan fingerprint density at radius 3 is 2.43 bits per heavy atom. The maximum Gasteiger partial charge on any atom is 0.323 e. The summed E-state index contributed by atoms with van der Waals surface area (Å²) in [6.07, 6.45) is 8.50. The van der Waals surface area contributed by atoms with Gasteiger partial charge in [-0.15, -0.1) is 0 Å². The van der Waals surface area contributed by atoms with E-state index in [1.165, 1.54) is 6.42 Å². The van der Waals surface area contributed by atoms with Crippen molar-refractivity contribution in [1.29, 1.82) is 0 Å². The van der Waals surface area contributed by atoms with Crippen LogP contribution in [0.1, 0.15) is 64.7 Å². The molecule has 1 saturated heterocycles. The monoisotopic (exact) mass is 297 g/mol. The van der Waals surface area contributed by atoms with Crippen LogP contribution in [-0.2, 0) is 14.3 Å².